The molecule has 0 aliphatic heterocycles. The van der Waals surface area contributed by atoms with Gasteiger partial charge in [0.2, 0.25) is 0 Å². The average Bonchev–Trinajstić information content (AvgIpc) is 2.56. The molecular formula is C17H17NO4. The molecule has 0 N–H and O–H groups in total. The maximum atomic E-state index is 12.6. The number of ketones is 1. The topological polar surface area (TPSA) is 65.5 Å². The molecule has 0 saturated carbocycles. The number of benzene rings is 1. The van der Waals surface area contributed by atoms with E-state index < -0.39 is 11.9 Å². The largest absolute Gasteiger partial charge is 0.497 e. The van der Waals surface area contributed by atoms with Gasteiger partial charge in [-0.3, -0.25) is 14.6 Å². The second kappa shape index (κ2) is 7.36. The molecule has 0 spiro atoms. The Morgan fingerprint density at radius 1 is 1.18 bits per heavy atom. The number of hydrogen-bond acceptors (Lipinski definition) is 5. The van der Waals surface area contributed by atoms with E-state index in [2.05, 4.69) is 4.98 Å². The molecule has 1 atom stereocenters. The van der Waals surface area contributed by atoms with E-state index in [-0.39, 0.29) is 12.4 Å². The number of rotatable bonds is 6. The number of methoxy groups -OCH3 is 1. The van der Waals surface area contributed by atoms with Crippen LogP contribution in [-0.2, 0) is 9.53 Å². The monoisotopic (exact) mass is 299 g/mol. The summed E-state index contributed by atoms with van der Waals surface area (Å²) in [4.78, 5) is 28.8. The van der Waals surface area contributed by atoms with Crippen LogP contribution in [0.4, 0.5) is 0 Å². The summed E-state index contributed by atoms with van der Waals surface area (Å²) in [6.07, 6.45) is 3.02. The average molecular weight is 299 g/mol. The smallest absolute Gasteiger partial charge is 0.321 e. The Morgan fingerprint density at radius 2 is 1.91 bits per heavy atom. The van der Waals surface area contributed by atoms with Crippen LogP contribution in [0.3, 0.4) is 0 Å². The zero-order chi connectivity index (χ0) is 15.9. The number of pyridine rings is 1. The fourth-order valence-corrected chi connectivity index (χ4v) is 2.09. The van der Waals surface area contributed by atoms with Crippen LogP contribution in [0.25, 0.3) is 0 Å². The highest BCUT2D eigenvalue weighted by atomic mass is 16.5. The van der Waals surface area contributed by atoms with E-state index in [9.17, 15) is 9.59 Å². The molecule has 0 aliphatic carbocycles. The summed E-state index contributed by atoms with van der Waals surface area (Å²) in [5.41, 5.74) is 0.935. The first-order valence-electron chi connectivity index (χ1n) is 6.92. The number of aromatic nitrogens is 1. The zero-order valence-corrected chi connectivity index (χ0v) is 12.5. The number of carbonyl (C=O) groups is 2. The molecule has 1 aromatic carbocycles. The quantitative estimate of drug-likeness (QED) is 0.466. The molecule has 0 fully saturated rings. The van der Waals surface area contributed by atoms with Gasteiger partial charge in [-0.05, 0) is 36.8 Å². The predicted molar refractivity (Wildman–Crippen MR) is 80.9 cm³/mol. The van der Waals surface area contributed by atoms with Crippen LogP contribution in [0, 0.1) is 0 Å². The molecule has 2 rings (SSSR count). The van der Waals surface area contributed by atoms with Gasteiger partial charge in [-0.15, -0.1) is 0 Å². The minimum absolute atomic E-state index is 0.214. The van der Waals surface area contributed by atoms with E-state index in [1.165, 1.54) is 6.20 Å². The summed E-state index contributed by atoms with van der Waals surface area (Å²) >= 11 is 0. The molecule has 2 aromatic rings. The normalized spacial score (nSPS) is 11.5. The fourth-order valence-electron chi connectivity index (χ4n) is 2.09. The van der Waals surface area contributed by atoms with Crippen LogP contribution < -0.4 is 4.74 Å². The lowest BCUT2D eigenvalue weighted by atomic mass is 9.91. The first-order chi connectivity index (χ1) is 10.7. The maximum Gasteiger partial charge on any atom is 0.321 e. The molecule has 0 radical (unpaired) electrons. The Balaban J connectivity index is 2.37. The maximum absolute atomic E-state index is 12.6. The number of esters is 1. The number of ether oxygens (including phenoxy) is 2. The number of hydrogen-bond donors (Lipinski definition) is 0. The molecule has 0 saturated heterocycles. The molecule has 1 unspecified atom stereocenters. The van der Waals surface area contributed by atoms with Gasteiger partial charge in [-0.2, -0.15) is 0 Å². The van der Waals surface area contributed by atoms with Gasteiger partial charge in [-0.25, -0.2) is 0 Å². The van der Waals surface area contributed by atoms with Crippen molar-refractivity contribution >= 4 is 11.8 Å². The first kappa shape index (κ1) is 15.7. The number of nitrogens with zero attached hydrogens (tertiary/aromatic N) is 1. The van der Waals surface area contributed by atoms with Crippen LogP contribution in [-0.4, -0.2) is 30.5 Å². The Hall–Kier alpha value is -2.69. The summed E-state index contributed by atoms with van der Waals surface area (Å²) in [6.45, 7) is 1.92. The van der Waals surface area contributed by atoms with E-state index in [0.717, 1.165) is 0 Å². The Kier molecular flexibility index (Phi) is 5.25. The standard InChI is InChI=1S/C17H17NO4/c1-3-22-17(20)15(12-6-8-14(21-2)9-7-12)16(19)13-5-4-10-18-11-13/h4-11,15H,3H2,1-2H3. The zero-order valence-electron chi connectivity index (χ0n) is 12.5. The minimum Gasteiger partial charge on any atom is -0.497 e. The third-order valence-electron chi connectivity index (χ3n) is 3.18. The van der Waals surface area contributed by atoms with Gasteiger partial charge in [-0.1, -0.05) is 12.1 Å². The van der Waals surface area contributed by atoms with Gasteiger partial charge in [0, 0.05) is 18.0 Å². The highest BCUT2D eigenvalue weighted by Gasteiger charge is 2.30. The van der Waals surface area contributed by atoms with Crippen molar-refractivity contribution in [1.29, 1.82) is 0 Å². The Morgan fingerprint density at radius 3 is 2.45 bits per heavy atom. The second-order valence-electron chi connectivity index (χ2n) is 4.56. The van der Waals surface area contributed by atoms with Crippen molar-refractivity contribution in [3.8, 4) is 5.75 Å². The number of carbonyl (C=O) groups excluding carboxylic acids is 2. The molecule has 5 heteroatoms. The van der Waals surface area contributed by atoms with Crippen molar-refractivity contribution in [2.45, 2.75) is 12.8 Å². The van der Waals surface area contributed by atoms with E-state index in [1.54, 1.807) is 56.6 Å². The Labute approximate surface area is 128 Å². The van der Waals surface area contributed by atoms with E-state index in [0.29, 0.717) is 16.9 Å². The molecule has 1 aromatic heterocycles. The van der Waals surface area contributed by atoms with E-state index in [1.807, 2.05) is 0 Å². The minimum atomic E-state index is -1.00. The van der Waals surface area contributed by atoms with Crippen LogP contribution in [0.2, 0.25) is 0 Å². The van der Waals surface area contributed by atoms with Crippen molar-refractivity contribution < 1.29 is 19.1 Å². The molecule has 22 heavy (non-hydrogen) atoms. The molecule has 114 valence electrons. The lowest BCUT2D eigenvalue weighted by Gasteiger charge is -2.15. The van der Waals surface area contributed by atoms with Crippen molar-refractivity contribution in [2.75, 3.05) is 13.7 Å². The van der Waals surface area contributed by atoms with Crippen molar-refractivity contribution in [1.82, 2.24) is 4.98 Å². The fraction of sp³-hybridized carbons (Fsp3) is 0.235. The van der Waals surface area contributed by atoms with Crippen LogP contribution in [0.5, 0.6) is 5.75 Å². The van der Waals surface area contributed by atoms with Crippen LogP contribution in [0.15, 0.2) is 48.8 Å². The molecule has 1 heterocycles. The molecular weight excluding hydrogens is 282 g/mol. The highest BCUT2D eigenvalue weighted by Crippen LogP contribution is 2.24. The SMILES string of the molecule is CCOC(=O)C(C(=O)c1cccnc1)c1ccc(OC)cc1. The summed E-state index contributed by atoms with van der Waals surface area (Å²) in [6, 6.07) is 10.1. The lowest BCUT2D eigenvalue weighted by Crippen LogP contribution is -2.24. The van der Waals surface area contributed by atoms with Gasteiger partial charge in [0.05, 0.1) is 13.7 Å². The van der Waals surface area contributed by atoms with Gasteiger partial charge >= 0.3 is 5.97 Å². The van der Waals surface area contributed by atoms with Gasteiger partial charge in [0.25, 0.3) is 0 Å². The first-order valence-corrected chi connectivity index (χ1v) is 6.92. The summed E-state index contributed by atoms with van der Waals surface area (Å²) in [5, 5.41) is 0. The van der Waals surface area contributed by atoms with Gasteiger partial charge in [0.1, 0.15) is 11.7 Å². The summed E-state index contributed by atoms with van der Waals surface area (Å²) < 4.78 is 10.1. The van der Waals surface area contributed by atoms with E-state index >= 15 is 0 Å². The van der Waals surface area contributed by atoms with Crippen molar-refractivity contribution in [3.63, 3.8) is 0 Å². The summed E-state index contributed by atoms with van der Waals surface area (Å²) in [7, 11) is 1.55. The second-order valence-corrected chi connectivity index (χ2v) is 4.56. The third kappa shape index (κ3) is 3.49. The molecule has 0 aliphatic rings. The highest BCUT2D eigenvalue weighted by molar-refractivity contribution is 6.12. The van der Waals surface area contributed by atoms with Crippen LogP contribution >= 0.6 is 0 Å². The third-order valence-corrected chi connectivity index (χ3v) is 3.18. The lowest BCUT2D eigenvalue weighted by molar-refractivity contribution is -0.143. The summed E-state index contributed by atoms with van der Waals surface area (Å²) in [5.74, 6) is -1.26. The Bertz CT molecular complexity index is 637. The predicted octanol–water partition coefficient (Wildman–Crippen LogP) is 2.62. The molecule has 0 bridgehead atoms. The van der Waals surface area contributed by atoms with E-state index in [4.69, 9.17) is 9.47 Å². The number of Topliss-reactive ketones (excluding diaryl/α,β-unsaturated/α-hetero) is 1. The van der Waals surface area contributed by atoms with Crippen molar-refractivity contribution in [2.24, 2.45) is 0 Å². The molecule has 5 nitrogen and oxygen atoms in total. The molecule has 0 amide bonds. The van der Waals surface area contributed by atoms with Gasteiger partial charge in [0.15, 0.2) is 5.78 Å². The van der Waals surface area contributed by atoms with Crippen molar-refractivity contribution in [3.05, 3.63) is 59.9 Å². The van der Waals surface area contributed by atoms with Crippen LogP contribution in [0.1, 0.15) is 28.8 Å². The van der Waals surface area contributed by atoms with Gasteiger partial charge < -0.3 is 9.47 Å².